The predicted molar refractivity (Wildman–Crippen MR) is 44.0 cm³/mol. The predicted octanol–water partition coefficient (Wildman–Crippen LogP) is 1.54. The molecule has 0 aliphatic carbocycles. The Morgan fingerprint density at radius 1 is 1.50 bits per heavy atom. The van der Waals surface area contributed by atoms with E-state index in [0.717, 1.165) is 12.8 Å². The molecule has 0 saturated heterocycles. The molecule has 0 bridgehead atoms. The molecule has 0 radical (unpaired) electrons. The number of nitrogens with two attached hydrogens (primary N) is 1. The third-order valence-corrected chi connectivity index (χ3v) is 1.54. The molecule has 0 fully saturated rings. The molecule has 62 valence electrons. The van der Waals surface area contributed by atoms with Crippen molar-refractivity contribution in [1.82, 2.24) is 0 Å². The third-order valence-electron chi connectivity index (χ3n) is 1.54. The van der Waals surface area contributed by atoms with Gasteiger partial charge in [0.1, 0.15) is 0 Å². The van der Waals surface area contributed by atoms with Crippen molar-refractivity contribution in [3.05, 3.63) is 0 Å². The molecule has 0 spiro atoms. The molecule has 0 aromatic heterocycles. The molecular formula is C8H19NO. The van der Waals surface area contributed by atoms with Gasteiger partial charge in [0, 0.05) is 12.6 Å². The Morgan fingerprint density at radius 3 is 2.10 bits per heavy atom. The first-order valence-corrected chi connectivity index (χ1v) is 3.81. The molecular weight excluding hydrogens is 126 g/mol. The highest BCUT2D eigenvalue weighted by molar-refractivity contribution is 4.75. The lowest BCUT2D eigenvalue weighted by molar-refractivity contribution is 0.0762. The number of methoxy groups -OCH3 is 1. The van der Waals surface area contributed by atoms with E-state index in [-0.39, 0.29) is 5.54 Å². The van der Waals surface area contributed by atoms with Crippen molar-refractivity contribution in [1.29, 1.82) is 0 Å². The number of hydrogen-bond donors (Lipinski definition) is 1. The molecule has 0 aromatic rings. The lowest BCUT2D eigenvalue weighted by atomic mass is 9.97. The first-order valence-electron chi connectivity index (χ1n) is 3.81. The van der Waals surface area contributed by atoms with Crippen LogP contribution in [0.2, 0.25) is 0 Å². The van der Waals surface area contributed by atoms with E-state index in [1.807, 2.05) is 13.8 Å². The largest absolute Gasteiger partial charge is 0.381 e. The van der Waals surface area contributed by atoms with Crippen molar-refractivity contribution >= 4 is 0 Å². The van der Waals surface area contributed by atoms with Crippen molar-refractivity contribution in [2.75, 3.05) is 7.11 Å². The van der Waals surface area contributed by atoms with Crippen LogP contribution >= 0.6 is 0 Å². The second kappa shape index (κ2) is 3.94. The first-order chi connectivity index (χ1) is 4.49. The zero-order chi connectivity index (χ0) is 8.20. The van der Waals surface area contributed by atoms with Crippen LogP contribution in [0.5, 0.6) is 0 Å². The SMILES string of the molecule is CCC(CC(C)(C)N)OC. The van der Waals surface area contributed by atoms with E-state index in [2.05, 4.69) is 6.92 Å². The van der Waals surface area contributed by atoms with Crippen LogP contribution < -0.4 is 5.73 Å². The van der Waals surface area contributed by atoms with Gasteiger partial charge in [-0.3, -0.25) is 0 Å². The summed E-state index contributed by atoms with van der Waals surface area (Å²) in [5.41, 5.74) is 5.71. The molecule has 0 aromatic carbocycles. The molecule has 10 heavy (non-hydrogen) atoms. The van der Waals surface area contributed by atoms with Crippen molar-refractivity contribution in [2.24, 2.45) is 5.73 Å². The summed E-state index contributed by atoms with van der Waals surface area (Å²) in [6.45, 7) is 6.16. The molecule has 0 heterocycles. The summed E-state index contributed by atoms with van der Waals surface area (Å²) in [6, 6.07) is 0. The van der Waals surface area contributed by atoms with E-state index in [1.54, 1.807) is 7.11 Å². The van der Waals surface area contributed by atoms with Crippen LogP contribution in [0.4, 0.5) is 0 Å². The highest BCUT2D eigenvalue weighted by atomic mass is 16.5. The topological polar surface area (TPSA) is 35.2 Å². The minimum absolute atomic E-state index is 0.101. The number of ether oxygens (including phenoxy) is 1. The van der Waals surface area contributed by atoms with Crippen molar-refractivity contribution in [3.8, 4) is 0 Å². The second-order valence-electron chi connectivity index (χ2n) is 3.46. The zero-order valence-electron chi connectivity index (χ0n) is 7.48. The quantitative estimate of drug-likeness (QED) is 0.651. The average molecular weight is 145 g/mol. The third kappa shape index (κ3) is 4.77. The van der Waals surface area contributed by atoms with Gasteiger partial charge in [-0.2, -0.15) is 0 Å². The Balaban J connectivity index is 3.63. The van der Waals surface area contributed by atoms with Crippen LogP contribution in [0.15, 0.2) is 0 Å². The van der Waals surface area contributed by atoms with Gasteiger partial charge in [0.15, 0.2) is 0 Å². The normalized spacial score (nSPS) is 15.3. The Labute approximate surface area is 63.7 Å². The average Bonchev–Trinajstić information content (AvgIpc) is 1.81. The van der Waals surface area contributed by atoms with Crippen LogP contribution in [0.3, 0.4) is 0 Å². The first kappa shape index (κ1) is 9.92. The fourth-order valence-electron chi connectivity index (χ4n) is 0.981. The molecule has 1 unspecified atom stereocenters. The molecule has 2 nitrogen and oxygen atoms in total. The maximum absolute atomic E-state index is 5.81. The molecule has 0 amide bonds. The smallest absolute Gasteiger partial charge is 0.0586 e. The fraction of sp³-hybridized carbons (Fsp3) is 1.00. The second-order valence-corrected chi connectivity index (χ2v) is 3.46. The van der Waals surface area contributed by atoms with Gasteiger partial charge in [0.2, 0.25) is 0 Å². The van der Waals surface area contributed by atoms with Crippen LogP contribution in [-0.4, -0.2) is 18.8 Å². The maximum Gasteiger partial charge on any atom is 0.0586 e. The molecule has 0 aliphatic rings. The van der Waals surface area contributed by atoms with Crippen LogP contribution in [0, 0.1) is 0 Å². The summed E-state index contributed by atoms with van der Waals surface area (Å²) in [6.07, 6.45) is 2.29. The molecule has 2 N–H and O–H groups in total. The van der Waals surface area contributed by atoms with E-state index in [0.29, 0.717) is 6.10 Å². The Kier molecular flexibility index (Phi) is 3.91. The highest BCUT2D eigenvalue weighted by Gasteiger charge is 2.16. The van der Waals surface area contributed by atoms with Gasteiger partial charge in [-0.25, -0.2) is 0 Å². The van der Waals surface area contributed by atoms with Crippen molar-refractivity contribution in [2.45, 2.75) is 45.3 Å². The van der Waals surface area contributed by atoms with Gasteiger partial charge in [-0.1, -0.05) is 6.92 Å². The van der Waals surface area contributed by atoms with Crippen LogP contribution in [0.25, 0.3) is 0 Å². The van der Waals surface area contributed by atoms with Gasteiger partial charge in [0.25, 0.3) is 0 Å². The van der Waals surface area contributed by atoms with Gasteiger partial charge in [-0.15, -0.1) is 0 Å². The van der Waals surface area contributed by atoms with Crippen LogP contribution in [-0.2, 0) is 4.74 Å². The summed E-state index contributed by atoms with van der Waals surface area (Å²) < 4.78 is 5.20. The summed E-state index contributed by atoms with van der Waals surface area (Å²) in [7, 11) is 1.74. The minimum atomic E-state index is -0.101. The van der Waals surface area contributed by atoms with Crippen molar-refractivity contribution < 1.29 is 4.74 Å². The van der Waals surface area contributed by atoms with E-state index in [4.69, 9.17) is 10.5 Å². The standard InChI is InChI=1S/C8H19NO/c1-5-7(10-4)6-8(2,3)9/h7H,5-6,9H2,1-4H3. The Hall–Kier alpha value is -0.0800. The number of hydrogen-bond acceptors (Lipinski definition) is 2. The van der Waals surface area contributed by atoms with Gasteiger partial charge in [0.05, 0.1) is 6.10 Å². The minimum Gasteiger partial charge on any atom is -0.381 e. The van der Waals surface area contributed by atoms with Crippen molar-refractivity contribution in [3.63, 3.8) is 0 Å². The Bertz CT molecular complexity index is 81.7. The Morgan fingerprint density at radius 2 is 2.00 bits per heavy atom. The molecule has 1 atom stereocenters. The van der Waals surface area contributed by atoms with E-state index in [1.165, 1.54) is 0 Å². The summed E-state index contributed by atoms with van der Waals surface area (Å²) in [5, 5.41) is 0. The molecule has 0 rings (SSSR count). The zero-order valence-corrected chi connectivity index (χ0v) is 7.48. The number of rotatable bonds is 4. The summed E-state index contributed by atoms with van der Waals surface area (Å²) >= 11 is 0. The molecule has 0 saturated carbocycles. The maximum atomic E-state index is 5.81. The van der Waals surface area contributed by atoms with E-state index in [9.17, 15) is 0 Å². The van der Waals surface area contributed by atoms with Gasteiger partial charge in [-0.05, 0) is 26.7 Å². The fourth-order valence-corrected chi connectivity index (χ4v) is 0.981. The van der Waals surface area contributed by atoms with Crippen LogP contribution in [0.1, 0.15) is 33.6 Å². The molecule has 0 aliphatic heterocycles. The lowest BCUT2D eigenvalue weighted by Crippen LogP contribution is -2.36. The lowest BCUT2D eigenvalue weighted by Gasteiger charge is -2.23. The summed E-state index contributed by atoms with van der Waals surface area (Å²) in [5.74, 6) is 0. The summed E-state index contributed by atoms with van der Waals surface area (Å²) in [4.78, 5) is 0. The van der Waals surface area contributed by atoms with Gasteiger partial charge >= 0.3 is 0 Å². The monoisotopic (exact) mass is 145 g/mol. The molecule has 2 heteroatoms. The van der Waals surface area contributed by atoms with Gasteiger partial charge < -0.3 is 10.5 Å². The van der Waals surface area contributed by atoms with E-state index >= 15 is 0 Å². The van der Waals surface area contributed by atoms with E-state index < -0.39 is 0 Å². The highest BCUT2D eigenvalue weighted by Crippen LogP contribution is 2.12.